The number of cyclic esters (lactones) is 2. The Labute approximate surface area is 359 Å². The number of hydrogen-bond donors (Lipinski definition) is 0. The second-order valence-corrected chi connectivity index (χ2v) is 14.4. The number of esters is 2. The van der Waals surface area contributed by atoms with Crippen LogP contribution in [0, 0.1) is 40.5 Å². The minimum Gasteiger partial charge on any atom is -0.422 e. The van der Waals surface area contributed by atoms with Crippen LogP contribution in [-0.4, -0.2) is 31.6 Å². The van der Waals surface area contributed by atoms with Crippen LogP contribution in [0.2, 0.25) is 0 Å². The highest BCUT2D eigenvalue weighted by Gasteiger charge is 2.35. The van der Waals surface area contributed by atoms with Gasteiger partial charge >= 0.3 is 11.9 Å². The Morgan fingerprint density at radius 2 is 0.578 bits per heavy atom. The predicted octanol–water partition coefficient (Wildman–Crippen LogP) is 10.6. The van der Waals surface area contributed by atoms with Gasteiger partial charge in [0.05, 0.1) is 30.8 Å². The van der Waals surface area contributed by atoms with Crippen LogP contribution in [0.3, 0.4) is 0 Å². The summed E-state index contributed by atoms with van der Waals surface area (Å²) in [5, 5.41) is 48.8. The van der Waals surface area contributed by atoms with Gasteiger partial charge in [-0.1, -0.05) is 48.5 Å². The number of ether oxygens (including phenoxy) is 2. The van der Waals surface area contributed by atoms with E-state index in [1.807, 2.05) is 48.5 Å². The van der Waals surface area contributed by atoms with Crippen LogP contribution < -0.4 is 0 Å². The van der Waals surface area contributed by atoms with Gasteiger partial charge in [-0.05, 0) is 116 Å². The van der Waals surface area contributed by atoms with Crippen molar-refractivity contribution in [2.24, 2.45) is 0 Å². The third kappa shape index (κ3) is 7.07. The van der Waals surface area contributed by atoms with Gasteiger partial charge in [-0.3, -0.25) is 40.5 Å². The lowest BCUT2D eigenvalue weighted by Crippen LogP contribution is -1.99. The molecule has 0 fully saturated rings. The van der Waals surface area contributed by atoms with Crippen LogP contribution in [0.1, 0.15) is 33.4 Å². The standard InChI is InChI=1S/C48H26N4O12/c53-47-45(29-13-21-33(22-14-29)51(59)60)43(27-9-17-31(18-10-27)49(55)56)41(63-47)25-39-35-5-1-2-6-36(35)40(38-8-4-3-7-37(38)39)26-42-44(28-11-19-32(20-12-28)50(57)58)46(48(54)64-42)30-15-23-34(24-16-30)52(61)62/h1-26H. The molecule has 0 unspecified atom stereocenters. The van der Waals surface area contributed by atoms with Crippen molar-refractivity contribution >= 4 is 90.7 Å². The lowest BCUT2D eigenvalue weighted by atomic mass is 9.88. The van der Waals surface area contributed by atoms with Gasteiger partial charge in [0.25, 0.3) is 22.7 Å². The molecular formula is C48H26N4O12. The minimum absolute atomic E-state index is 0.0856. The molecule has 0 atom stereocenters. The number of fused-ring (bicyclic) bond motifs is 2. The van der Waals surface area contributed by atoms with Crippen LogP contribution in [0.25, 0.3) is 56.0 Å². The first-order valence-corrected chi connectivity index (χ1v) is 19.2. The highest BCUT2D eigenvalue weighted by molar-refractivity contribution is 6.32. The molecule has 2 aliphatic rings. The third-order valence-corrected chi connectivity index (χ3v) is 10.8. The molecule has 310 valence electrons. The summed E-state index contributed by atoms with van der Waals surface area (Å²) in [5.41, 5.74) is 2.69. The van der Waals surface area contributed by atoms with E-state index in [1.54, 1.807) is 12.2 Å². The maximum absolute atomic E-state index is 13.8. The average Bonchev–Trinajstić information content (AvgIpc) is 3.81. The SMILES string of the molecule is O=C1OC(=Cc2c3ccccc3c(C=C3OC(=O)C(c4ccc([N+](=O)[O-])cc4)=C3c3ccc([N+](=O)[O-])cc3)c3ccccc23)C(c2ccc([N+](=O)[O-])cc2)=C1c1ccc([N+](=O)[O-])cc1. The van der Waals surface area contributed by atoms with Gasteiger partial charge in [0.2, 0.25) is 0 Å². The Balaban J connectivity index is 1.27. The molecule has 0 aromatic heterocycles. The van der Waals surface area contributed by atoms with Gasteiger partial charge in [-0.15, -0.1) is 0 Å². The molecule has 9 rings (SSSR count). The van der Waals surface area contributed by atoms with E-state index >= 15 is 0 Å². The smallest absolute Gasteiger partial charge is 0.344 e. The fourth-order valence-corrected chi connectivity index (χ4v) is 7.92. The van der Waals surface area contributed by atoms with Gasteiger partial charge in [-0.2, -0.15) is 0 Å². The molecule has 0 saturated heterocycles. The van der Waals surface area contributed by atoms with Crippen LogP contribution in [0.15, 0.2) is 157 Å². The van der Waals surface area contributed by atoms with E-state index in [1.165, 1.54) is 97.1 Å². The van der Waals surface area contributed by atoms with Gasteiger partial charge < -0.3 is 9.47 Å². The predicted molar refractivity (Wildman–Crippen MR) is 236 cm³/mol. The van der Waals surface area contributed by atoms with E-state index in [4.69, 9.17) is 9.47 Å². The van der Waals surface area contributed by atoms with Crippen LogP contribution in [-0.2, 0) is 19.1 Å². The average molecular weight is 851 g/mol. The summed E-state index contributed by atoms with van der Waals surface area (Å²) in [6, 6.07) is 36.6. The Kier molecular flexibility index (Phi) is 9.92. The fraction of sp³-hybridized carbons (Fsp3) is 0. The van der Waals surface area contributed by atoms with Crippen molar-refractivity contribution in [1.82, 2.24) is 0 Å². The van der Waals surface area contributed by atoms with E-state index in [0.29, 0.717) is 66.1 Å². The number of nitro benzene ring substituents is 4. The quantitative estimate of drug-likeness (QED) is 0.0542. The number of allylic oxidation sites excluding steroid dienone is 2. The van der Waals surface area contributed by atoms with Gasteiger partial charge in [0, 0.05) is 59.7 Å². The topological polar surface area (TPSA) is 225 Å². The Morgan fingerprint density at radius 1 is 0.344 bits per heavy atom. The number of hydrogen-bond acceptors (Lipinski definition) is 12. The summed E-state index contributed by atoms with van der Waals surface area (Å²) >= 11 is 0. The zero-order chi connectivity index (χ0) is 44.8. The van der Waals surface area contributed by atoms with Gasteiger partial charge in [-0.25, -0.2) is 9.59 Å². The van der Waals surface area contributed by atoms with E-state index < -0.39 is 31.6 Å². The highest BCUT2D eigenvalue weighted by Crippen LogP contribution is 2.46. The molecule has 2 heterocycles. The van der Waals surface area contributed by atoms with Crippen molar-refractivity contribution < 1.29 is 38.8 Å². The van der Waals surface area contributed by atoms with Crippen LogP contribution in [0.5, 0.6) is 0 Å². The second kappa shape index (κ2) is 15.9. The number of carbonyl (C=O) groups excluding carboxylic acids is 2. The van der Waals surface area contributed by atoms with Crippen molar-refractivity contribution in [2.75, 3.05) is 0 Å². The van der Waals surface area contributed by atoms with Crippen LogP contribution in [0.4, 0.5) is 22.7 Å². The highest BCUT2D eigenvalue weighted by atomic mass is 16.6. The Hall–Kier alpha value is -9.44. The second-order valence-electron chi connectivity index (χ2n) is 14.4. The lowest BCUT2D eigenvalue weighted by Gasteiger charge is -2.15. The first-order chi connectivity index (χ1) is 30.9. The van der Waals surface area contributed by atoms with E-state index in [0.717, 1.165) is 0 Å². The largest absolute Gasteiger partial charge is 0.422 e. The molecule has 0 spiro atoms. The molecule has 0 aliphatic carbocycles. The first kappa shape index (κ1) is 40.0. The Morgan fingerprint density at radius 3 is 0.812 bits per heavy atom. The number of nitro groups is 4. The summed E-state index contributed by atoms with van der Waals surface area (Å²) in [6.45, 7) is 0. The van der Waals surface area contributed by atoms with Gasteiger partial charge in [0.15, 0.2) is 0 Å². The first-order valence-electron chi connectivity index (χ1n) is 19.2. The van der Waals surface area contributed by atoms with E-state index in [2.05, 4.69) is 0 Å². The monoisotopic (exact) mass is 850 g/mol. The molecule has 64 heavy (non-hydrogen) atoms. The molecular weight excluding hydrogens is 825 g/mol. The molecule has 0 N–H and O–H groups in total. The molecule has 2 aliphatic heterocycles. The summed E-state index contributed by atoms with van der Waals surface area (Å²) in [5.74, 6) is -1.29. The molecule has 7 aromatic carbocycles. The van der Waals surface area contributed by atoms with Crippen LogP contribution >= 0.6 is 0 Å². The molecule has 16 heteroatoms. The number of nitrogens with zero attached hydrogens (tertiary/aromatic N) is 4. The molecule has 0 bridgehead atoms. The molecule has 0 amide bonds. The summed E-state index contributed by atoms with van der Waals surface area (Å²) in [7, 11) is 0. The van der Waals surface area contributed by atoms with Crippen molar-refractivity contribution in [3.63, 3.8) is 0 Å². The zero-order valence-corrected chi connectivity index (χ0v) is 32.7. The maximum atomic E-state index is 13.8. The molecule has 0 saturated carbocycles. The fourth-order valence-electron chi connectivity index (χ4n) is 7.92. The molecule has 0 radical (unpaired) electrons. The third-order valence-electron chi connectivity index (χ3n) is 10.8. The number of rotatable bonds is 10. The summed E-state index contributed by atoms with van der Waals surface area (Å²) < 4.78 is 12.0. The van der Waals surface area contributed by atoms with E-state index in [9.17, 15) is 50.0 Å². The number of non-ortho nitro benzene ring substituents is 4. The van der Waals surface area contributed by atoms with Crippen molar-refractivity contribution in [1.29, 1.82) is 0 Å². The maximum Gasteiger partial charge on any atom is 0.344 e. The summed E-state index contributed by atoms with van der Waals surface area (Å²) in [6.07, 6.45) is 3.39. The lowest BCUT2D eigenvalue weighted by molar-refractivity contribution is -0.385. The normalized spacial score (nSPS) is 15.0. The van der Waals surface area contributed by atoms with E-state index in [-0.39, 0.29) is 45.4 Å². The van der Waals surface area contributed by atoms with Crippen molar-refractivity contribution in [2.45, 2.75) is 0 Å². The number of benzene rings is 7. The molecule has 16 nitrogen and oxygen atoms in total. The van der Waals surface area contributed by atoms with Gasteiger partial charge in [0.1, 0.15) is 11.5 Å². The molecule has 7 aromatic rings. The minimum atomic E-state index is -0.749. The van der Waals surface area contributed by atoms with Crippen molar-refractivity contribution in [3.8, 4) is 0 Å². The van der Waals surface area contributed by atoms with Crippen molar-refractivity contribution in [3.05, 3.63) is 231 Å². The zero-order valence-electron chi connectivity index (χ0n) is 32.7. The Bertz CT molecular complexity index is 3050. The number of carbonyl (C=O) groups is 2. The summed E-state index contributed by atoms with van der Waals surface area (Å²) in [4.78, 5) is 71.5.